The summed E-state index contributed by atoms with van der Waals surface area (Å²) < 4.78 is 0. The molecule has 2 fully saturated rings. The van der Waals surface area contributed by atoms with Gasteiger partial charge in [0.15, 0.2) is 0 Å². The van der Waals surface area contributed by atoms with E-state index >= 15 is 0 Å². The van der Waals surface area contributed by atoms with Gasteiger partial charge in [-0.05, 0) is 33.2 Å². The van der Waals surface area contributed by atoms with Crippen molar-refractivity contribution >= 4 is 0 Å². The number of rotatable bonds is 2. The minimum Gasteiger partial charge on any atom is -0.302 e. The average Bonchev–Trinajstić information content (AvgIpc) is 2.78. The zero-order valence-corrected chi connectivity index (χ0v) is 11.2. The topological polar surface area (TPSA) is 30.3 Å². The summed E-state index contributed by atoms with van der Waals surface area (Å²) >= 11 is 0. The van der Waals surface area contributed by atoms with E-state index in [9.17, 15) is 0 Å². The molecule has 0 aromatic heterocycles. The first kappa shape index (κ1) is 12.9. The van der Waals surface area contributed by atoms with Crippen molar-refractivity contribution in [1.82, 2.24) is 9.80 Å². The van der Waals surface area contributed by atoms with Crippen LogP contribution in [0.15, 0.2) is 0 Å². The smallest absolute Gasteiger partial charge is 0.0638 e. The molecule has 0 aromatic rings. The molecule has 2 unspecified atom stereocenters. The van der Waals surface area contributed by atoms with Crippen LogP contribution in [-0.2, 0) is 0 Å². The summed E-state index contributed by atoms with van der Waals surface area (Å²) in [5.74, 6) is 0. The fourth-order valence-electron chi connectivity index (χ4n) is 3.36. The van der Waals surface area contributed by atoms with E-state index in [0.717, 1.165) is 12.6 Å². The van der Waals surface area contributed by atoms with Crippen molar-refractivity contribution < 1.29 is 0 Å². The van der Waals surface area contributed by atoms with E-state index in [2.05, 4.69) is 29.8 Å². The number of nitriles is 1. The van der Waals surface area contributed by atoms with Gasteiger partial charge in [0.2, 0.25) is 0 Å². The largest absolute Gasteiger partial charge is 0.302 e. The van der Waals surface area contributed by atoms with Crippen molar-refractivity contribution in [3.8, 4) is 6.07 Å². The normalized spacial score (nSPS) is 33.5. The number of nitrogens with zero attached hydrogens (tertiary/aromatic N) is 3. The second-order valence-electron chi connectivity index (χ2n) is 5.77. The Morgan fingerprint density at radius 1 is 1.24 bits per heavy atom. The molecule has 1 saturated carbocycles. The zero-order valence-electron chi connectivity index (χ0n) is 11.2. The second kappa shape index (κ2) is 5.84. The van der Waals surface area contributed by atoms with Crippen molar-refractivity contribution in [3.05, 3.63) is 0 Å². The van der Waals surface area contributed by atoms with Crippen molar-refractivity contribution in [2.24, 2.45) is 0 Å². The molecule has 2 rings (SSSR count). The first-order valence-electron chi connectivity index (χ1n) is 7.05. The highest BCUT2D eigenvalue weighted by atomic mass is 15.3. The van der Waals surface area contributed by atoms with Gasteiger partial charge < -0.3 is 4.90 Å². The average molecular weight is 235 g/mol. The third-order valence-corrected chi connectivity index (χ3v) is 4.65. The maximum atomic E-state index is 9.03. The maximum Gasteiger partial charge on any atom is 0.0638 e. The predicted octanol–water partition coefficient (Wildman–Crippen LogP) is 2.24. The Hall–Kier alpha value is -0.590. The summed E-state index contributed by atoms with van der Waals surface area (Å²) in [6.07, 6.45) is 7.39. The molecule has 2 atom stereocenters. The van der Waals surface area contributed by atoms with E-state index in [1.54, 1.807) is 0 Å². The fraction of sp³-hybridized carbons (Fsp3) is 0.929. The molecular formula is C14H25N3. The van der Waals surface area contributed by atoms with Crippen molar-refractivity contribution in [1.29, 1.82) is 5.26 Å². The molecule has 0 N–H and O–H groups in total. The molecule has 0 spiro atoms. The van der Waals surface area contributed by atoms with E-state index < -0.39 is 0 Å². The highest BCUT2D eigenvalue weighted by Crippen LogP contribution is 2.28. The lowest BCUT2D eigenvalue weighted by atomic mass is 10.1. The molecule has 17 heavy (non-hydrogen) atoms. The molecule has 3 heteroatoms. The van der Waals surface area contributed by atoms with E-state index in [1.807, 2.05) is 0 Å². The van der Waals surface area contributed by atoms with Gasteiger partial charge in [-0.2, -0.15) is 5.26 Å². The van der Waals surface area contributed by atoms with E-state index in [1.165, 1.54) is 38.6 Å². The summed E-state index contributed by atoms with van der Waals surface area (Å²) in [4.78, 5) is 5.08. The van der Waals surface area contributed by atoms with Gasteiger partial charge in [-0.25, -0.2) is 0 Å². The number of hydrogen-bond donors (Lipinski definition) is 0. The molecule has 0 aromatic carbocycles. The predicted molar refractivity (Wildman–Crippen MR) is 69.7 cm³/mol. The second-order valence-corrected chi connectivity index (χ2v) is 5.77. The van der Waals surface area contributed by atoms with Crippen LogP contribution in [0.25, 0.3) is 0 Å². The summed E-state index contributed by atoms with van der Waals surface area (Å²) in [6.45, 7) is 4.55. The van der Waals surface area contributed by atoms with Crippen LogP contribution in [0.5, 0.6) is 0 Å². The van der Waals surface area contributed by atoms with Crippen LogP contribution in [0.1, 0.15) is 45.4 Å². The molecule has 0 radical (unpaired) electrons. The van der Waals surface area contributed by atoms with Crippen molar-refractivity contribution in [2.75, 3.05) is 20.1 Å². The zero-order chi connectivity index (χ0) is 12.3. The van der Waals surface area contributed by atoms with Gasteiger partial charge in [0, 0.05) is 31.2 Å². The van der Waals surface area contributed by atoms with Crippen LogP contribution < -0.4 is 0 Å². The SMILES string of the molecule is CC1CCN(C2CCCC2)C(CC#N)CN1C. The number of likely N-dealkylation sites (N-methyl/N-ethyl adjacent to an activating group) is 1. The minimum atomic E-state index is 0.457. The molecule has 2 aliphatic rings. The van der Waals surface area contributed by atoms with Crippen molar-refractivity contribution in [2.45, 2.75) is 63.6 Å². The first-order valence-corrected chi connectivity index (χ1v) is 7.05. The Bertz CT molecular complexity index is 278. The van der Waals surface area contributed by atoms with Gasteiger partial charge in [-0.3, -0.25) is 4.90 Å². The van der Waals surface area contributed by atoms with Crippen LogP contribution in [0.3, 0.4) is 0 Å². The summed E-state index contributed by atoms with van der Waals surface area (Å²) in [5.41, 5.74) is 0. The molecule has 1 aliphatic carbocycles. The third kappa shape index (κ3) is 3.00. The Labute approximate surface area is 105 Å². The van der Waals surface area contributed by atoms with Crippen LogP contribution in [0.4, 0.5) is 0 Å². The van der Waals surface area contributed by atoms with E-state index in [0.29, 0.717) is 18.5 Å². The molecule has 1 saturated heterocycles. The first-order chi connectivity index (χ1) is 8.22. The summed E-state index contributed by atoms with van der Waals surface area (Å²) in [5, 5.41) is 9.03. The van der Waals surface area contributed by atoms with Gasteiger partial charge in [0.05, 0.1) is 12.5 Å². The van der Waals surface area contributed by atoms with Gasteiger partial charge in [-0.1, -0.05) is 12.8 Å². The van der Waals surface area contributed by atoms with Gasteiger partial charge in [0.1, 0.15) is 0 Å². The lowest BCUT2D eigenvalue weighted by molar-refractivity contribution is 0.134. The molecule has 0 bridgehead atoms. The Morgan fingerprint density at radius 3 is 2.59 bits per heavy atom. The minimum absolute atomic E-state index is 0.457. The lowest BCUT2D eigenvalue weighted by Crippen LogP contribution is -2.45. The summed E-state index contributed by atoms with van der Waals surface area (Å²) in [6, 6.07) is 4.25. The quantitative estimate of drug-likeness (QED) is 0.735. The molecule has 3 nitrogen and oxygen atoms in total. The number of hydrogen-bond acceptors (Lipinski definition) is 3. The molecular weight excluding hydrogens is 210 g/mol. The van der Waals surface area contributed by atoms with Crippen LogP contribution in [0, 0.1) is 11.3 Å². The molecule has 1 heterocycles. The standard InChI is InChI=1S/C14H25N3/c1-12-8-10-17(13-5-3-4-6-13)14(7-9-15)11-16(12)2/h12-14H,3-8,10-11H2,1-2H3. The van der Waals surface area contributed by atoms with E-state index in [4.69, 9.17) is 5.26 Å². The molecule has 1 aliphatic heterocycles. The lowest BCUT2D eigenvalue weighted by Gasteiger charge is -2.34. The monoisotopic (exact) mass is 235 g/mol. The third-order valence-electron chi connectivity index (χ3n) is 4.65. The Kier molecular flexibility index (Phi) is 4.42. The Balaban J connectivity index is 2.06. The van der Waals surface area contributed by atoms with E-state index in [-0.39, 0.29) is 0 Å². The van der Waals surface area contributed by atoms with Crippen LogP contribution in [0.2, 0.25) is 0 Å². The van der Waals surface area contributed by atoms with Crippen LogP contribution in [-0.4, -0.2) is 48.1 Å². The highest BCUT2D eigenvalue weighted by Gasteiger charge is 2.32. The fourth-order valence-corrected chi connectivity index (χ4v) is 3.36. The van der Waals surface area contributed by atoms with Crippen molar-refractivity contribution in [3.63, 3.8) is 0 Å². The molecule has 96 valence electrons. The van der Waals surface area contributed by atoms with Gasteiger partial charge >= 0.3 is 0 Å². The maximum absolute atomic E-state index is 9.03. The van der Waals surface area contributed by atoms with Gasteiger partial charge in [-0.15, -0.1) is 0 Å². The summed E-state index contributed by atoms with van der Waals surface area (Å²) in [7, 11) is 2.20. The van der Waals surface area contributed by atoms with Gasteiger partial charge in [0.25, 0.3) is 0 Å². The Morgan fingerprint density at radius 2 is 1.94 bits per heavy atom. The molecule has 0 amide bonds. The van der Waals surface area contributed by atoms with Crippen LogP contribution >= 0.6 is 0 Å². The highest BCUT2D eigenvalue weighted by molar-refractivity contribution is 4.92.